The van der Waals surface area contributed by atoms with Crippen molar-refractivity contribution < 1.29 is 17.9 Å². The van der Waals surface area contributed by atoms with Crippen LogP contribution in [0.2, 0.25) is 0 Å². The maximum absolute atomic E-state index is 12.6. The number of benzene rings is 1. The molecule has 0 spiro atoms. The fourth-order valence-electron chi connectivity index (χ4n) is 1.45. The molecule has 1 aromatic carbocycles. The van der Waals surface area contributed by atoms with Crippen molar-refractivity contribution >= 4 is 26.8 Å². The van der Waals surface area contributed by atoms with E-state index >= 15 is 0 Å². The van der Waals surface area contributed by atoms with Crippen LogP contribution in [-0.2, 0) is 6.18 Å². The second-order valence-corrected chi connectivity index (χ2v) is 3.87. The number of aromatic nitrogens is 2. The Labute approximate surface area is 96.7 Å². The van der Waals surface area contributed by atoms with Gasteiger partial charge in [0.15, 0.2) is 5.75 Å². The predicted octanol–water partition coefficient (Wildman–Crippen LogP) is 3.35. The first-order chi connectivity index (χ1) is 7.45. The van der Waals surface area contributed by atoms with E-state index in [0.717, 1.165) is 6.07 Å². The molecule has 7 heteroatoms. The number of rotatable bonds is 1. The van der Waals surface area contributed by atoms with Gasteiger partial charge in [-0.05, 0) is 28.1 Å². The van der Waals surface area contributed by atoms with E-state index in [4.69, 9.17) is 4.74 Å². The molecule has 0 atom stereocenters. The van der Waals surface area contributed by atoms with E-state index in [0.29, 0.717) is 9.99 Å². The molecule has 0 aliphatic heterocycles. The van der Waals surface area contributed by atoms with Gasteiger partial charge in [0.1, 0.15) is 10.1 Å². The minimum absolute atomic E-state index is 0.157. The van der Waals surface area contributed by atoms with E-state index in [1.54, 1.807) is 0 Å². The molecular formula is C9H6BrF3N2O. The van der Waals surface area contributed by atoms with Crippen molar-refractivity contribution in [2.75, 3.05) is 7.11 Å². The highest BCUT2D eigenvalue weighted by Crippen LogP contribution is 2.40. The van der Waals surface area contributed by atoms with E-state index in [2.05, 4.69) is 26.1 Å². The van der Waals surface area contributed by atoms with Crippen molar-refractivity contribution in [1.82, 2.24) is 10.2 Å². The summed E-state index contributed by atoms with van der Waals surface area (Å²) in [5.74, 6) is -0.271. The summed E-state index contributed by atoms with van der Waals surface area (Å²) in [6.07, 6.45) is -4.45. The van der Waals surface area contributed by atoms with E-state index < -0.39 is 11.7 Å². The number of H-pyrrole nitrogens is 1. The van der Waals surface area contributed by atoms with Crippen LogP contribution in [0.1, 0.15) is 5.56 Å². The van der Waals surface area contributed by atoms with Gasteiger partial charge in [0.2, 0.25) is 0 Å². The zero-order valence-electron chi connectivity index (χ0n) is 8.02. The van der Waals surface area contributed by atoms with Crippen LogP contribution in [0.25, 0.3) is 10.9 Å². The number of methoxy groups -OCH3 is 1. The van der Waals surface area contributed by atoms with E-state index in [-0.39, 0.29) is 11.3 Å². The molecule has 0 bridgehead atoms. The Kier molecular flexibility index (Phi) is 2.57. The molecule has 86 valence electrons. The number of nitrogens with zero attached hydrogens (tertiary/aromatic N) is 1. The number of alkyl halides is 3. The molecule has 1 heterocycles. The fraction of sp³-hybridized carbons (Fsp3) is 0.222. The quantitative estimate of drug-likeness (QED) is 0.876. The van der Waals surface area contributed by atoms with Crippen molar-refractivity contribution in [3.63, 3.8) is 0 Å². The standard InChI is InChI=1S/C9H6BrF3N2O/c1-16-7-5(9(11,12)13)3-2-4-6(7)14-15-8(4)10/h2-3H,1H3,(H,14,15). The first-order valence-corrected chi connectivity index (χ1v) is 5.02. The second kappa shape index (κ2) is 3.65. The topological polar surface area (TPSA) is 37.9 Å². The summed E-state index contributed by atoms with van der Waals surface area (Å²) in [6.45, 7) is 0. The van der Waals surface area contributed by atoms with Crippen molar-refractivity contribution in [1.29, 1.82) is 0 Å². The molecule has 16 heavy (non-hydrogen) atoms. The Morgan fingerprint density at radius 1 is 1.38 bits per heavy atom. The van der Waals surface area contributed by atoms with Gasteiger partial charge in [-0.15, -0.1) is 0 Å². The average molecular weight is 295 g/mol. The number of aromatic amines is 1. The van der Waals surface area contributed by atoms with Crippen LogP contribution in [-0.4, -0.2) is 17.3 Å². The molecule has 0 aliphatic carbocycles. The number of halogens is 4. The van der Waals surface area contributed by atoms with Gasteiger partial charge in [0.25, 0.3) is 0 Å². The van der Waals surface area contributed by atoms with Gasteiger partial charge in [-0.1, -0.05) is 0 Å². The fourth-order valence-corrected chi connectivity index (χ4v) is 1.86. The zero-order valence-corrected chi connectivity index (χ0v) is 9.61. The molecule has 2 rings (SSSR count). The molecule has 0 saturated heterocycles. The average Bonchev–Trinajstić information content (AvgIpc) is 2.58. The number of fused-ring (bicyclic) bond motifs is 1. The third-order valence-electron chi connectivity index (χ3n) is 2.14. The Morgan fingerprint density at radius 2 is 2.06 bits per heavy atom. The first-order valence-electron chi connectivity index (χ1n) is 4.23. The lowest BCUT2D eigenvalue weighted by molar-refractivity contribution is -0.138. The van der Waals surface area contributed by atoms with Crippen molar-refractivity contribution in [3.8, 4) is 5.75 Å². The van der Waals surface area contributed by atoms with E-state index in [1.807, 2.05) is 0 Å². The van der Waals surface area contributed by atoms with Crippen LogP contribution in [0.15, 0.2) is 16.7 Å². The number of hydrogen-bond acceptors (Lipinski definition) is 2. The van der Waals surface area contributed by atoms with E-state index in [9.17, 15) is 13.2 Å². The number of ether oxygens (including phenoxy) is 1. The lowest BCUT2D eigenvalue weighted by Crippen LogP contribution is -2.07. The predicted molar refractivity (Wildman–Crippen MR) is 55.3 cm³/mol. The molecule has 0 saturated carbocycles. The van der Waals surface area contributed by atoms with Gasteiger partial charge < -0.3 is 4.74 Å². The molecule has 1 N–H and O–H groups in total. The number of nitrogens with one attached hydrogen (secondary N) is 1. The van der Waals surface area contributed by atoms with Crippen LogP contribution < -0.4 is 4.74 Å². The smallest absolute Gasteiger partial charge is 0.420 e. The summed E-state index contributed by atoms with van der Waals surface area (Å²) < 4.78 is 43.2. The van der Waals surface area contributed by atoms with Gasteiger partial charge in [-0.25, -0.2) is 0 Å². The summed E-state index contributed by atoms with van der Waals surface area (Å²) in [7, 11) is 1.19. The molecule has 0 unspecified atom stereocenters. The van der Waals surface area contributed by atoms with Crippen LogP contribution >= 0.6 is 15.9 Å². The largest absolute Gasteiger partial charge is 0.494 e. The Bertz CT molecular complexity index is 535. The van der Waals surface area contributed by atoms with Gasteiger partial charge in [0.05, 0.1) is 12.7 Å². The van der Waals surface area contributed by atoms with Crippen molar-refractivity contribution in [2.45, 2.75) is 6.18 Å². The molecule has 2 aromatic rings. The molecule has 0 fully saturated rings. The molecule has 3 nitrogen and oxygen atoms in total. The maximum atomic E-state index is 12.6. The van der Waals surface area contributed by atoms with Crippen molar-refractivity contribution in [3.05, 3.63) is 22.3 Å². The van der Waals surface area contributed by atoms with E-state index in [1.165, 1.54) is 13.2 Å². The Hall–Kier alpha value is -1.24. The molecular weight excluding hydrogens is 289 g/mol. The highest BCUT2D eigenvalue weighted by Gasteiger charge is 2.35. The summed E-state index contributed by atoms with van der Waals surface area (Å²) in [5.41, 5.74) is -0.675. The summed E-state index contributed by atoms with van der Waals surface area (Å²) >= 11 is 3.15. The number of hydrogen-bond donors (Lipinski definition) is 1. The van der Waals surface area contributed by atoms with Gasteiger partial charge >= 0.3 is 6.18 Å². The lowest BCUT2D eigenvalue weighted by Gasteiger charge is -2.11. The maximum Gasteiger partial charge on any atom is 0.420 e. The highest BCUT2D eigenvalue weighted by atomic mass is 79.9. The summed E-state index contributed by atoms with van der Waals surface area (Å²) in [5, 5.41) is 6.86. The van der Waals surface area contributed by atoms with Gasteiger partial charge in [-0.2, -0.15) is 18.3 Å². The monoisotopic (exact) mass is 294 g/mol. The molecule has 0 radical (unpaired) electrons. The summed E-state index contributed by atoms with van der Waals surface area (Å²) in [6, 6.07) is 2.32. The highest BCUT2D eigenvalue weighted by molar-refractivity contribution is 9.10. The van der Waals surface area contributed by atoms with Gasteiger partial charge in [-0.3, -0.25) is 5.10 Å². The summed E-state index contributed by atoms with van der Waals surface area (Å²) in [4.78, 5) is 0. The normalized spacial score (nSPS) is 12.1. The first kappa shape index (κ1) is 11.3. The molecule has 1 aromatic heterocycles. The minimum Gasteiger partial charge on any atom is -0.494 e. The van der Waals surface area contributed by atoms with Crippen LogP contribution in [0.5, 0.6) is 5.75 Å². The zero-order chi connectivity index (χ0) is 11.9. The SMILES string of the molecule is COc1c(C(F)(F)F)ccc2c(Br)[nH]nc12. The van der Waals surface area contributed by atoms with Gasteiger partial charge in [0, 0.05) is 5.39 Å². The van der Waals surface area contributed by atoms with Crippen LogP contribution in [0.4, 0.5) is 13.2 Å². The molecule has 0 amide bonds. The van der Waals surface area contributed by atoms with Crippen LogP contribution in [0, 0.1) is 0 Å². The lowest BCUT2D eigenvalue weighted by atomic mass is 10.1. The third-order valence-corrected chi connectivity index (χ3v) is 2.75. The second-order valence-electron chi connectivity index (χ2n) is 3.08. The Balaban J connectivity index is 2.78. The molecule has 0 aliphatic rings. The third kappa shape index (κ3) is 1.64. The van der Waals surface area contributed by atoms with Crippen LogP contribution in [0.3, 0.4) is 0 Å². The Morgan fingerprint density at radius 3 is 2.62 bits per heavy atom. The van der Waals surface area contributed by atoms with Crippen molar-refractivity contribution in [2.24, 2.45) is 0 Å². The minimum atomic E-state index is -4.45.